The minimum absolute atomic E-state index is 0.892. The number of nitrogens with zero attached hydrogens (tertiary/aromatic N) is 2. The third-order valence-corrected chi connectivity index (χ3v) is 12.7. The lowest BCUT2D eigenvalue weighted by Crippen LogP contribution is -2.11. The molecule has 0 saturated heterocycles. The smallest absolute Gasteiger partial charge is 0.136 e. The maximum Gasteiger partial charge on any atom is 0.136 e. The van der Waals surface area contributed by atoms with Gasteiger partial charge in [-0.1, -0.05) is 194 Å². The third-order valence-electron chi connectivity index (χ3n) is 12.7. The molecular weight excluding hydrogens is 801 g/mol. The topological polar surface area (TPSA) is 29.3 Å². The lowest BCUT2D eigenvalue weighted by atomic mass is 9.95. The van der Waals surface area contributed by atoms with Crippen LogP contribution in [0, 0.1) is 0 Å². The zero-order valence-electron chi connectivity index (χ0n) is 36.1. The molecule has 0 fully saturated rings. The van der Waals surface area contributed by atoms with Crippen molar-refractivity contribution in [3.05, 3.63) is 255 Å². The molecule has 12 rings (SSSR count). The number of hydrogen-bond acceptors (Lipinski definition) is 3. The molecule has 0 spiro atoms. The number of benzene rings is 10. The monoisotopic (exact) mass is 842 g/mol. The van der Waals surface area contributed by atoms with Gasteiger partial charge in [0, 0.05) is 44.2 Å². The number of para-hydroxylation sites is 3. The molecule has 0 saturated carbocycles. The van der Waals surface area contributed by atoms with E-state index in [4.69, 9.17) is 9.40 Å². The minimum atomic E-state index is 0.892. The van der Waals surface area contributed by atoms with Crippen molar-refractivity contribution in [2.24, 2.45) is 0 Å². The number of aromatic nitrogens is 1. The molecule has 310 valence electrons. The van der Waals surface area contributed by atoms with Crippen LogP contribution in [0.3, 0.4) is 0 Å². The van der Waals surface area contributed by atoms with Crippen LogP contribution in [-0.4, -0.2) is 4.98 Å². The molecule has 0 aliphatic carbocycles. The first kappa shape index (κ1) is 38.9. The van der Waals surface area contributed by atoms with E-state index in [-0.39, 0.29) is 0 Å². The van der Waals surface area contributed by atoms with Crippen LogP contribution in [-0.2, 0) is 0 Å². The highest BCUT2D eigenvalue weighted by atomic mass is 16.3. The summed E-state index contributed by atoms with van der Waals surface area (Å²) in [5.41, 5.74) is 19.5. The Kier molecular flexibility index (Phi) is 9.85. The molecule has 0 N–H and O–H groups in total. The fourth-order valence-electron chi connectivity index (χ4n) is 9.32. The molecule has 12 aromatic rings. The minimum Gasteiger partial charge on any atom is -0.456 e. The van der Waals surface area contributed by atoms with E-state index < -0.39 is 0 Å². The molecule has 2 heterocycles. The summed E-state index contributed by atoms with van der Waals surface area (Å²) < 4.78 is 6.24. The fourth-order valence-corrected chi connectivity index (χ4v) is 9.32. The fraction of sp³-hybridized carbons (Fsp3) is 0. The SMILES string of the molecule is c1ccc(-c2ccc(-c3ccccc3N(c3ccc(-c4ccccc4)cc3)c3ccc(-c4cc5ccccc5nc4-c4ccc(-c5ccc6c(c5)oc5ccccc56)cc4)cc3)cc2)cc1. The molecule has 0 aliphatic rings. The quantitative estimate of drug-likeness (QED) is 0.145. The molecule has 3 heteroatoms. The van der Waals surface area contributed by atoms with Gasteiger partial charge in [-0.2, -0.15) is 0 Å². The molecule has 0 amide bonds. The third kappa shape index (κ3) is 7.29. The van der Waals surface area contributed by atoms with Crippen molar-refractivity contribution in [2.45, 2.75) is 0 Å². The Morgan fingerprint density at radius 3 is 1.47 bits per heavy atom. The van der Waals surface area contributed by atoms with Gasteiger partial charge in [0.2, 0.25) is 0 Å². The van der Waals surface area contributed by atoms with E-state index in [1.54, 1.807) is 0 Å². The first-order chi connectivity index (χ1) is 32.7. The standard InChI is InChI=1S/C63H42N2O/c1-3-13-43(14-4-1)45-23-27-48(28-24-45)55-18-8-11-21-60(55)65(53-36-31-46(32-37-53)44-15-5-2-6-16-44)54-38-33-49(34-39-54)58-41-52-17-7-10-20-59(52)64-63(58)50-29-25-47(26-30-50)51-35-40-57-56-19-9-12-22-61(56)66-62(57)42-51/h1-42H. The van der Waals surface area contributed by atoms with Gasteiger partial charge in [-0.15, -0.1) is 0 Å². The normalized spacial score (nSPS) is 11.3. The summed E-state index contributed by atoms with van der Waals surface area (Å²) in [6.45, 7) is 0. The maximum absolute atomic E-state index is 6.24. The van der Waals surface area contributed by atoms with Gasteiger partial charge in [-0.3, -0.25) is 0 Å². The maximum atomic E-state index is 6.24. The molecule has 0 radical (unpaired) electrons. The van der Waals surface area contributed by atoms with Crippen LogP contribution < -0.4 is 4.90 Å². The highest BCUT2D eigenvalue weighted by Crippen LogP contribution is 2.43. The van der Waals surface area contributed by atoms with Crippen molar-refractivity contribution in [2.75, 3.05) is 4.90 Å². The summed E-state index contributed by atoms with van der Waals surface area (Å²) in [6, 6.07) is 90.7. The Morgan fingerprint density at radius 2 is 0.773 bits per heavy atom. The molecule has 10 aromatic carbocycles. The molecule has 66 heavy (non-hydrogen) atoms. The molecule has 0 unspecified atom stereocenters. The second-order valence-electron chi connectivity index (χ2n) is 16.7. The Hall–Kier alpha value is -8.79. The number of hydrogen-bond donors (Lipinski definition) is 0. The molecule has 3 nitrogen and oxygen atoms in total. The lowest BCUT2D eigenvalue weighted by Gasteiger charge is -2.28. The van der Waals surface area contributed by atoms with Gasteiger partial charge >= 0.3 is 0 Å². The van der Waals surface area contributed by atoms with E-state index >= 15 is 0 Å². The van der Waals surface area contributed by atoms with Crippen molar-refractivity contribution in [3.63, 3.8) is 0 Å². The average Bonchev–Trinajstić information content (AvgIpc) is 3.78. The summed E-state index contributed by atoms with van der Waals surface area (Å²) in [4.78, 5) is 7.70. The highest BCUT2D eigenvalue weighted by Gasteiger charge is 2.19. The van der Waals surface area contributed by atoms with Crippen molar-refractivity contribution in [1.29, 1.82) is 0 Å². The van der Waals surface area contributed by atoms with E-state index in [0.29, 0.717) is 0 Å². The average molecular weight is 843 g/mol. The number of anilines is 3. The van der Waals surface area contributed by atoms with Gasteiger partial charge in [-0.25, -0.2) is 4.98 Å². The van der Waals surface area contributed by atoms with E-state index in [0.717, 1.165) is 94.5 Å². The molecule has 0 atom stereocenters. The Morgan fingerprint density at radius 1 is 0.303 bits per heavy atom. The molecule has 2 aromatic heterocycles. The van der Waals surface area contributed by atoms with Gasteiger partial charge in [0.05, 0.1) is 16.9 Å². The lowest BCUT2D eigenvalue weighted by molar-refractivity contribution is 0.669. The van der Waals surface area contributed by atoms with Crippen molar-refractivity contribution < 1.29 is 4.42 Å². The highest BCUT2D eigenvalue weighted by molar-refractivity contribution is 6.06. The summed E-state index contributed by atoms with van der Waals surface area (Å²) in [6.07, 6.45) is 0. The Labute approximate surface area is 384 Å². The van der Waals surface area contributed by atoms with Crippen LogP contribution >= 0.6 is 0 Å². The second kappa shape index (κ2) is 16.7. The first-order valence-corrected chi connectivity index (χ1v) is 22.4. The van der Waals surface area contributed by atoms with Crippen LogP contribution in [0.15, 0.2) is 259 Å². The van der Waals surface area contributed by atoms with Gasteiger partial charge in [-0.05, 0) is 105 Å². The van der Waals surface area contributed by atoms with E-state index in [1.807, 2.05) is 12.1 Å². The van der Waals surface area contributed by atoms with Crippen LogP contribution in [0.2, 0.25) is 0 Å². The van der Waals surface area contributed by atoms with E-state index in [2.05, 4.69) is 248 Å². The van der Waals surface area contributed by atoms with Crippen LogP contribution in [0.25, 0.3) is 99.7 Å². The predicted molar refractivity (Wildman–Crippen MR) is 276 cm³/mol. The number of pyridine rings is 1. The van der Waals surface area contributed by atoms with Gasteiger partial charge in [0.15, 0.2) is 0 Å². The Balaban J connectivity index is 0.930. The first-order valence-electron chi connectivity index (χ1n) is 22.4. The summed E-state index contributed by atoms with van der Waals surface area (Å²) in [7, 11) is 0. The predicted octanol–water partition coefficient (Wildman–Crippen LogP) is 17.6. The summed E-state index contributed by atoms with van der Waals surface area (Å²) in [5.74, 6) is 0. The van der Waals surface area contributed by atoms with Crippen molar-refractivity contribution in [1.82, 2.24) is 4.98 Å². The van der Waals surface area contributed by atoms with Crippen LogP contribution in [0.5, 0.6) is 0 Å². The Bertz CT molecular complexity index is 3650. The molecular formula is C63H42N2O. The van der Waals surface area contributed by atoms with E-state index in [9.17, 15) is 0 Å². The zero-order valence-corrected chi connectivity index (χ0v) is 36.1. The van der Waals surface area contributed by atoms with Crippen molar-refractivity contribution in [3.8, 4) is 66.9 Å². The van der Waals surface area contributed by atoms with Crippen LogP contribution in [0.1, 0.15) is 0 Å². The summed E-state index contributed by atoms with van der Waals surface area (Å²) in [5, 5.41) is 3.37. The van der Waals surface area contributed by atoms with Gasteiger partial charge in [0.1, 0.15) is 11.2 Å². The largest absolute Gasteiger partial charge is 0.456 e. The summed E-state index contributed by atoms with van der Waals surface area (Å²) >= 11 is 0. The van der Waals surface area contributed by atoms with Crippen LogP contribution in [0.4, 0.5) is 17.1 Å². The van der Waals surface area contributed by atoms with E-state index in [1.165, 1.54) is 22.3 Å². The molecule has 0 aliphatic heterocycles. The van der Waals surface area contributed by atoms with Gasteiger partial charge < -0.3 is 9.32 Å². The molecule has 0 bridgehead atoms. The van der Waals surface area contributed by atoms with Gasteiger partial charge in [0.25, 0.3) is 0 Å². The number of fused-ring (bicyclic) bond motifs is 4. The second-order valence-corrected chi connectivity index (χ2v) is 16.7. The number of rotatable bonds is 9. The zero-order chi connectivity index (χ0) is 43.8. The number of furan rings is 1. The van der Waals surface area contributed by atoms with Crippen molar-refractivity contribution >= 4 is 49.9 Å².